The van der Waals surface area contributed by atoms with E-state index in [9.17, 15) is 0 Å². The van der Waals surface area contributed by atoms with Gasteiger partial charge >= 0.3 is 0 Å². The lowest BCUT2D eigenvalue weighted by Crippen LogP contribution is -2.25. The molecule has 3 aromatic rings. The first-order chi connectivity index (χ1) is 8.22. The minimum atomic E-state index is 1.05. The Bertz CT molecular complexity index is 673. The van der Waals surface area contributed by atoms with E-state index in [-0.39, 0.29) is 0 Å². The molecular formula is C13H10BrN2S+. The quantitative estimate of drug-likeness (QED) is 0.628. The summed E-state index contributed by atoms with van der Waals surface area (Å²) in [4.78, 5) is 4.66. The second-order valence-electron chi connectivity index (χ2n) is 3.89. The third-order valence-electron chi connectivity index (χ3n) is 2.56. The van der Waals surface area contributed by atoms with Gasteiger partial charge in [0.05, 0.1) is 4.70 Å². The van der Waals surface area contributed by atoms with Gasteiger partial charge in [0.15, 0.2) is 12.4 Å². The molecule has 0 atom stereocenters. The zero-order valence-corrected chi connectivity index (χ0v) is 11.6. The number of nitrogens with zero attached hydrogens (tertiary/aromatic N) is 2. The van der Waals surface area contributed by atoms with E-state index in [4.69, 9.17) is 0 Å². The Morgan fingerprint density at radius 2 is 1.94 bits per heavy atom. The molecule has 2 aromatic heterocycles. The van der Waals surface area contributed by atoms with Crippen molar-refractivity contribution in [3.05, 3.63) is 47.2 Å². The van der Waals surface area contributed by atoms with Crippen LogP contribution in [0.1, 0.15) is 0 Å². The Morgan fingerprint density at radius 1 is 1.18 bits per heavy atom. The number of hydrogen-bond acceptors (Lipinski definition) is 2. The van der Waals surface area contributed by atoms with Gasteiger partial charge in [-0.15, -0.1) is 11.3 Å². The SMILES string of the molecule is C[n+]1ccc2sc(-c3ccc(Br)cc3)nc2c1. The highest BCUT2D eigenvalue weighted by Crippen LogP contribution is 2.29. The molecule has 4 heteroatoms. The van der Waals surface area contributed by atoms with E-state index >= 15 is 0 Å². The van der Waals surface area contributed by atoms with Crippen LogP contribution in [0.5, 0.6) is 0 Å². The molecule has 2 heterocycles. The zero-order chi connectivity index (χ0) is 11.8. The molecule has 0 aliphatic heterocycles. The second kappa shape index (κ2) is 4.20. The molecule has 1 aromatic carbocycles. The van der Waals surface area contributed by atoms with Crippen molar-refractivity contribution in [2.24, 2.45) is 7.05 Å². The number of rotatable bonds is 1. The van der Waals surface area contributed by atoms with Crippen LogP contribution in [0.2, 0.25) is 0 Å². The van der Waals surface area contributed by atoms with Crippen LogP contribution in [0, 0.1) is 0 Å². The van der Waals surface area contributed by atoms with E-state index in [0.717, 1.165) is 20.6 Å². The topological polar surface area (TPSA) is 16.8 Å². The van der Waals surface area contributed by atoms with E-state index in [1.807, 2.05) is 36.1 Å². The number of pyridine rings is 1. The molecule has 0 amide bonds. The molecule has 0 N–H and O–H groups in total. The lowest BCUT2D eigenvalue weighted by Gasteiger charge is -1.94. The van der Waals surface area contributed by atoms with Gasteiger partial charge < -0.3 is 0 Å². The first-order valence-electron chi connectivity index (χ1n) is 5.24. The van der Waals surface area contributed by atoms with E-state index in [0.29, 0.717) is 0 Å². The number of benzene rings is 1. The molecule has 0 saturated heterocycles. The zero-order valence-electron chi connectivity index (χ0n) is 9.22. The predicted octanol–water partition coefficient (Wildman–Crippen LogP) is 3.55. The average molecular weight is 306 g/mol. The van der Waals surface area contributed by atoms with Crippen LogP contribution in [-0.4, -0.2) is 4.98 Å². The van der Waals surface area contributed by atoms with Crippen LogP contribution < -0.4 is 4.57 Å². The van der Waals surface area contributed by atoms with Gasteiger partial charge in [0.25, 0.3) is 0 Å². The minimum Gasteiger partial charge on any atom is -0.230 e. The van der Waals surface area contributed by atoms with Crippen molar-refractivity contribution >= 4 is 37.5 Å². The van der Waals surface area contributed by atoms with Gasteiger partial charge in [0.1, 0.15) is 17.6 Å². The third kappa shape index (κ3) is 2.10. The highest BCUT2D eigenvalue weighted by atomic mass is 79.9. The molecule has 0 saturated carbocycles. The number of hydrogen-bond donors (Lipinski definition) is 0. The standard InChI is InChI=1S/C13H10BrN2S/c1-16-7-6-12-11(8-16)15-13(17-12)9-2-4-10(14)5-3-9/h2-8H,1H3/q+1. The molecule has 0 bridgehead atoms. The Labute approximate surface area is 112 Å². The van der Waals surface area contributed by atoms with Gasteiger partial charge in [-0.05, 0) is 12.1 Å². The van der Waals surface area contributed by atoms with Gasteiger partial charge in [-0.3, -0.25) is 0 Å². The first kappa shape index (κ1) is 10.9. The molecule has 0 unspecified atom stereocenters. The van der Waals surface area contributed by atoms with Crippen LogP contribution >= 0.6 is 27.3 Å². The summed E-state index contributed by atoms with van der Waals surface area (Å²) in [7, 11) is 2.01. The lowest BCUT2D eigenvalue weighted by molar-refractivity contribution is -0.670. The van der Waals surface area contributed by atoms with Gasteiger partial charge in [0, 0.05) is 16.1 Å². The van der Waals surface area contributed by atoms with Crippen molar-refractivity contribution in [1.82, 2.24) is 4.98 Å². The second-order valence-corrected chi connectivity index (χ2v) is 5.83. The summed E-state index contributed by atoms with van der Waals surface area (Å²) in [6.45, 7) is 0. The predicted molar refractivity (Wildman–Crippen MR) is 73.9 cm³/mol. The summed E-state index contributed by atoms with van der Waals surface area (Å²) in [5.41, 5.74) is 2.22. The molecule has 17 heavy (non-hydrogen) atoms. The Morgan fingerprint density at radius 3 is 2.71 bits per heavy atom. The fraction of sp³-hybridized carbons (Fsp3) is 0.0769. The molecule has 0 radical (unpaired) electrons. The number of thiazole rings is 1. The van der Waals surface area contributed by atoms with Crippen LogP contribution in [0.3, 0.4) is 0 Å². The monoisotopic (exact) mass is 305 g/mol. The van der Waals surface area contributed by atoms with Crippen LogP contribution in [0.15, 0.2) is 47.2 Å². The maximum atomic E-state index is 4.66. The van der Waals surface area contributed by atoms with Crippen molar-refractivity contribution in [1.29, 1.82) is 0 Å². The molecule has 0 spiro atoms. The molecule has 0 fully saturated rings. The molecule has 3 rings (SSSR count). The molecule has 2 nitrogen and oxygen atoms in total. The Balaban J connectivity index is 2.14. The minimum absolute atomic E-state index is 1.05. The van der Waals surface area contributed by atoms with Crippen molar-refractivity contribution in [2.45, 2.75) is 0 Å². The van der Waals surface area contributed by atoms with E-state index < -0.39 is 0 Å². The highest BCUT2D eigenvalue weighted by Gasteiger charge is 2.08. The fourth-order valence-corrected chi connectivity index (χ4v) is 2.90. The third-order valence-corrected chi connectivity index (χ3v) is 4.17. The number of aromatic nitrogens is 2. The van der Waals surface area contributed by atoms with Crippen LogP contribution in [-0.2, 0) is 7.05 Å². The summed E-state index contributed by atoms with van der Waals surface area (Å²) < 4.78 is 4.34. The average Bonchev–Trinajstić information content (AvgIpc) is 2.72. The van der Waals surface area contributed by atoms with Gasteiger partial charge in [-0.2, -0.15) is 0 Å². The summed E-state index contributed by atoms with van der Waals surface area (Å²) in [6, 6.07) is 10.4. The Hall–Kier alpha value is -1.26. The largest absolute Gasteiger partial charge is 0.230 e. The number of halogens is 1. The fourth-order valence-electron chi connectivity index (χ4n) is 1.69. The summed E-state index contributed by atoms with van der Waals surface area (Å²) >= 11 is 5.17. The Kier molecular flexibility index (Phi) is 2.68. The van der Waals surface area contributed by atoms with Crippen molar-refractivity contribution in [3.63, 3.8) is 0 Å². The van der Waals surface area contributed by atoms with Crippen molar-refractivity contribution in [3.8, 4) is 10.6 Å². The molecule has 0 aliphatic carbocycles. The summed E-state index contributed by atoms with van der Waals surface area (Å²) in [6.07, 6.45) is 4.10. The summed E-state index contributed by atoms with van der Waals surface area (Å²) in [5.74, 6) is 0. The van der Waals surface area contributed by atoms with Crippen LogP contribution in [0.25, 0.3) is 20.8 Å². The van der Waals surface area contributed by atoms with Crippen LogP contribution in [0.4, 0.5) is 0 Å². The number of aryl methyl sites for hydroxylation is 1. The normalized spacial score (nSPS) is 10.9. The lowest BCUT2D eigenvalue weighted by atomic mass is 10.2. The summed E-state index contributed by atoms with van der Waals surface area (Å²) in [5, 5.41) is 1.07. The van der Waals surface area contributed by atoms with Gasteiger partial charge in [-0.1, -0.05) is 28.1 Å². The van der Waals surface area contributed by atoms with E-state index in [1.165, 1.54) is 4.70 Å². The smallest absolute Gasteiger partial charge is 0.195 e. The number of fused-ring (bicyclic) bond motifs is 1. The maximum absolute atomic E-state index is 4.66. The van der Waals surface area contributed by atoms with Crippen molar-refractivity contribution < 1.29 is 4.57 Å². The van der Waals surface area contributed by atoms with Gasteiger partial charge in [-0.25, -0.2) is 9.55 Å². The van der Waals surface area contributed by atoms with Gasteiger partial charge in [0.2, 0.25) is 0 Å². The highest BCUT2D eigenvalue weighted by molar-refractivity contribution is 9.10. The first-order valence-corrected chi connectivity index (χ1v) is 6.85. The molecule has 84 valence electrons. The van der Waals surface area contributed by atoms with Crippen molar-refractivity contribution in [2.75, 3.05) is 0 Å². The molecular weight excluding hydrogens is 296 g/mol. The molecule has 0 aliphatic rings. The van der Waals surface area contributed by atoms with E-state index in [2.05, 4.69) is 39.1 Å². The maximum Gasteiger partial charge on any atom is 0.195 e. The van der Waals surface area contributed by atoms with E-state index in [1.54, 1.807) is 11.3 Å².